The molecule has 1 aromatic rings. The monoisotopic (exact) mass is 229 g/mol. The number of halogens is 1. The summed E-state index contributed by atoms with van der Waals surface area (Å²) < 4.78 is 0. The van der Waals surface area contributed by atoms with Crippen LogP contribution in [0.15, 0.2) is 11.4 Å². The smallest absolute Gasteiger partial charge is 0.178 e. The molecule has 0 bridgehead atoms. The molecule has 1 N–H and O–H groups in total. The molecule has 1 fully saturated rings. The van der Waals surface area contributed by atoms with Crippen molar-refractivity contribution in [3.63, 3.8) is 0 Å². The Kier molecular flexibility index (Phi) is 3.21. The number of rotatable bonds is 2. The molecule has 76 valence electrons. The van der Waals surface area contributed by atoms with Crippen LogP contribution in [0.1, 0.15) is 22.5 Å². The minimum Gasteiger partial charge on any atom is -0.316 e. The van der Waals surface area contributed by atoms with Crippen molar-refractivity contribution >= 4 is 28.7 Å². The Labute approximate surface area is 92.3 Å². The Morgan fingerprint density at radius 3 is 3.07 bits per heavy atom. The van der Waals surface area contributed by atoms with Gasteiger partial charge in [0.15, 0.2) is 5.78 Å². The molecule has 1 aromatic heterocycles. The van der Waals surface area contributed by atoms with Gasteiger partial charge in [-0.3, -0.25) is 4.79 Å². The fourth-order valence-corrected chi connectivity index (χ4v) is 2.90. The molecule has 0 radical (unpaired) electrons. The van der Waals surface area contributed by atoms with Gasteiger partial charge in [0, 0.05) is 12.5 Å². The van der Waals surface area contributed by atoms with Gasteiger partial charge in [-0.05, 0) is 30.8 Å². The molecule has 2 rings (SSSR count). The maximum absolute atomic E-state index is 12.0. The minimum atomic E-state index is 0.125. The van der Waals surface area contributed by atoms with E-state index in [1.807, 2.05) is 5.38 Å². The van der Waals surface area contributed by atoms with Crippen molar-refractivity contribution in [3.8, 4) is 0 Å². The lowest BCUT2D eigenvalue weighted by Gasteiger charge is -2.20. The third-order valence-corrected chi connectivity index (χ3v) is 3.86. The Morgan fingerprint density at radius 1 is 1.64 bits per heavy atom. The second-order valence-corrected chi connectivity index (χ2v) is 4.83. The van der Waals surface area contributed by atoms with E-state index >= 15 is 0 Å². The van der Waals surface area contributed by atoms with Gasteiger partial charge in [-0.1, -0.05) is 11.6 Å². The zero-order valence-corrected chi connectivity index (χ0v) is 9.33. The van der Waals surface area contributed by atoms with Crippen molar-refractivity contribution in [2.45, 2.75) is 12.8 Å². The second-order valence-electron chi connectivity index (χ2n) is 3.51. The summed E-state index contributed by atoms with van der Waals surface area (Å²) in [5, 5.41) is 5.71. The summed E-state index contributed by atoms with van der Waals surface area (Å²) in [6.07, 6.45) is 2.07. The number of hydrogen-bond donors (Lipinski definition) is 1. The quantitative estimate of drug-likeness (QED) is 0.790. The van der Waals surface area contributed by atoms with Crippen LogP contribution in [-0.2, 0) is 0 Å². The number of carbonyl (C=O) groups excluding carboxylic acids is 1. The highest BCUT2D eigenvalue weighted by molar-refractivity contribution is 7.12. The maximum Gasteiger partial charge on any atom is 0.178 e. The average Bonchev–Trinajstić information content (AvgIpc) is 2.65. The highest BCUT2D eigenvalue weighted by atomic mass is 35.5. The first kappa shape index (κ1) is 10.1. The SMILES string of the molecule is O=C(c1sccc1Cl)C1CCCNC1. The summed E-state index contributed by atoms with van der Waals surface area (Å²) in [5.74, 6) is 0.331. The number of carbonyl (C=O) groups is 1. The van der Waals surface area contributed by atoms with Crippen LogP contribution in [-0.4, -0.2) is 18.9 Å². The van der Waals surface area contributed by atoms with Crippen molar-refractivity contribution in [3.05, 3.63) is 21.3 Å². The highest BCUT2D eigenvalue weighted by Gasteiger charge is 2.24. The van der Waals surface area contributed by atoms with Crippen molar-refractivity contribution in [2.24, 2.45) is 5.92 Å². The van der Waals surface area contributed by atoms with E-state index in [4.69, 9.17) is 11.6 Å². The highest BCUT2D eigenvalue weighted by Crippen LogP contribution is 2.27. The predicted molar refractivity (Wildman–Crippen MR) is 59.3 cm³/mol. The minimum absolute atomic E-state index is 0.125. The van der Waals surface area contributed by atoms with E-state index in [2.05, 4.69) is 5.32 Å². The molecule has 1 aliphatic rings. The summed E-state index contributed by atoms with van der Waals surface area (Å²) in [6, 6.07) is 1.79. The zero-order valence-electron chi connectivity index (χ0n) is 7.75. The zero-order chi connectivity index (χ0) is 9.97. The normalized spacial score (nSPS) is 22.2. The Bertz CT molecular complexity index is 331. The predicted octanol–water partition coefficient (Wildman–Crippen LogP) is 2.58. The van der Waals surface area contributed by atoms with Gasteiger partial charge in [-0.25, -0.2) is 0 Å². The molecule has 14 heavy (non-hydrogen) atoms. The maximum atomic E-state index is 12.0. The van der Waals surface area contributed by atoms with E-state index in [1.54, 1.807) is 6.07 Å². The molecule has 0 aromatic carbocycles. The summed E-state index contributed by atoms with van der Waals surface area (Å²) in [6.45, 7) is 1.83. The molecular formula is C10H12ClNOS. The molecular weight excluding hydrogens is 218 g/mol. The van der Waals surface area contributed by atoms with Gasteiger partial charge in [0.25, 0.3) is 0 Å². The van der Waals surface area contributed by atoms with E-state index in [0.717, 1.165) is 30.8 Å². The summed E-state index contributed by atoms with van der Waals surface area (Å²) in [4.78, 5) is 12.7. The molecule has 0 aliphatic carbocycles. The van der Waals surface area contributed by atoms with Crippen molar-refractivity contribution in [1.82, 2.24) is 5.32 Å². The number of hydrogen-bond acceptors (Lipinski definition) is 3. The Morgan fingerprint density at radius 2 is 2.50 bits per heavy atom. The van der Waals surface area contributed by atoms with Gasteiger partial charge in [-0.2, -0.15) is 0 Å². The van der Waals surface area contributed by atoms with Crippen LogP contribution in [0.3, 0.4) is 0 Å². The van der Waals surface area contributed by atoms with Gasteiger partial charge in [0.2, 0.25) is 0 Å². The van der Waals surface area contributed by atoms with Crippen LogP contribution in [0.4, 0.5) is 0 Å². The first-order valence-corrected chi connectivity index (χ1v) is 6.02. The molecule has 1 saturated heterocycles. The Hall–Kier alpha value is -0.380. The molecule has 0 spiro atoms. The summed E-state index contributed by atoms with van der Waals surface area (Å²) in [5.41, 5.74) is 0. The van der Waals surface area contributed by atoms with Gasteiger partial charge in [-0.15, -0.1) is 11.3 Å². The number of ketones is 1. The van der Waals surface area contributed by atoms with Crippen LogP contribution in [0.2, 0.25) is 5.02 Å². The largest absolute Gasteiger partial charge is 0.316 e. The van der Waals surface area contributed by atoms with Gasteiger partial charge in [0.05, 0.1) is 9.90 Å². The second kappa shape index (κ2) is 4.43. The van der Waals surface area contributed by atoms with Crippen LogP contribution >= 0.6 is 22.9 Å². The first-order valence-electron chi connectivity index (χ1n) is 4.77. The standard InChI is InChI=1S/C10H12ClNOS/c11-8-3-5-14-10(8)9(13)7-2-1-4-12-6-7/h3,5,7,12H,1-2,4,6H2. The van der Waals surface area contributed by atoms with Gasteiger partial charge in [0.1, 0.15) is 0 Å². The lowest BCUT2D eigenvalue weighted by Crippen LogP contribution is -2.34. The van der Waals surface area contributed by atoms with Crippen LogP contribution in [0.25, 0.3) is 0 Å². The Balaban J connectivity index is 2.11. The van der Waals surface area contributed by atoms with Crippen LogP contribution in [0.5, 0.6) is 0 Å². The van der Waals surface area contributed by atoms with Crippen LogP contribution in [0, 0.1) is 5.92 Å². The molecule has 1 atom stereocenters. The number of thiophene rings is 1. The fourth-order valence-electron chi connectivity index (χ4n) is 1.73. The molecule has 2 nitrogen and oxygen atoms in total. The number of piperidine rings is 1. The van der Waals surface area contributed by atoms with E-state index < -0.39 is 0 Å². The topological polar surface area (TPSA) is 29.1 Å². The molecule has 1 unspecified atom stereocenters. The lowest BCUT2D eigenvalue weighted by atomic mass is 9.94. The molecule has 0 saturated carbocycles. The van der Waals surface area contributed by atoms with Gasteiger partial charge >= 0.3 is 0 Å². The summed E-state index contributed by atoms with van der Waals surface area (Å²) >= 11 is 7.37. The molecule has 0 amide bonds. The molecule has 1 aliphatic heterocycles. The molecule has 4 heteroatoms. The van der Waals surface area contributed by atoms with E-state index in [1.165, 1.54) is 11.3 Å². The third kappa shape index (κ3) is 2.00. The first-order chi connectivity index (χ1) is 6.79. The number of nitrogens with one attached hydrogen (secondary N) is 1. The fraction of sp³-hybridized carbons (Fsp3) is 0.500. The van der Waals surface area contributed by atoms with Crippen LogP contribution < -0.4 is 5.32 Å². The van der Waals surface area contributed by atoms with Crippen molar-refractivity contribution in [1.29, 1.82) is 0 Å². The summed E-state index contributed by atoms with van der Waals surface area (Å²) in [7, 11) is 0. The third-order valence-electron chi connectivity index (χ3n) is 2.51. The average molecular weight is 230 g/mol. The molecule has 2 heterocycles. The lowest BCUT2D eigenvalue weighted by molar-refractivity contribution is 0.0904. The van der Waals surface area contributed by atoms with E-state index in [0.29, 0.717) is 5.02 Å². The van der Waals surface area contributed by atoms with Crippen molar-refractivity contribution in [2.75, 3.05) is 13.1 Å². The van der Waals surface area contributed by atoms with E-state index in [9.17, 15) is 4.79 Å². The van der Waals surface area contributed by atoms with E-state index in [-0.39, 0.29) is 11.7 Å². The van der Waals surface area contributed by atoms with Crippen molar-refractivity contribution < 1.29 is 4.79 Å². The van der Waals surface area contributed by atoms with Gasteiger partial charge < -0.3 is 5.32 Å². The number of Topliss-reactive ketones (excluding diaryl/α,β-unsaturated/α-hetero) is 1.